The third-order valence-corrected chi connectivity index (χ3v) is 6.94. The summed E-state index contributed by atoms with van der Waals surface area (Å²) >= 11 is 1.08. The molecule has 0 fully saturated rings. The van der Waals surface area contributed by atoms with Gasteiger partial charge in [-0.15, -0.1) is 0 Å². The fourth-order valence-electron chi connectivity index (χ4n) is 2.15. The molecule has 4 nitrogen and oxygen atoms in total. The van der Waals surface area contributed by atoms with E-state index in [0.29, 0.717) is 17.0 Å². The number of thioether (sulfide) groups is 1. The van der Waals surface area contributed by atoms with Crippen molar-refractivity contribution in [3.05, 3.63) is 22.9 Å². The molecule has 1 unspecified atom stereocenters. The Morgan fingerprint density at radius 3 is 2.68 bits per heavy atom. The van der Waals surface area contributed by atoms with Crippen LogP contribution in [-0.2, 0) is 9.84 Å². The van der Waals surface area contributed by atoms with Gasteiger partial charge in [-0.3, -0.25) is 4.79 Å². The molecule has 0 bridgehead atoms. The Balaban J connectivity index is 2.36. The Kier molecular flexibility index (Phi) is 4.01. The zero-order chi connectivity index (χ0) is 14.2. The van der Waals surface area contributed by atoms with Crippen LogP contribution in [-0.4, -0.2) is 29.5 Å². The van der Waals surface area contributed by atoms with Gasteiger partial charge in [-0.25, -0.2) is 13.4 Å². The molecule has 1 aliphatic heterocycles. The predicted octanol–water partition coefficient (Wildman–Crippen LogP) is 2.53. The lowest BCUT2D eigenvalue weighted by atomic mass is 10.1. The summed E-state index contributed by atoms with van der Waals surface area (Å²) in [7, 11) is -3.40. The average Bonchev–Trinajstić information content (AvgIpc) is 2.64. The zero-order valence-electron chi connectivity index (χ0n) is 11.3. The first kappa shape index (κ1) is 14.5. The monoisotopic (exact) mass is 299 g/mol. The number of aromatic nitrogens is 1. The van der Waals surface area contributed by atoms with Crippen LogP contribution < -0.4 is 0 Å². The number of hydrogen-bond acceptors (Lipinski definition) is 5. The van der Waals surface area contributed by atoms with Gasteiger partial charge in [-0.1, -0.05) is 25.1 Å². The largest absolute Gasteiger partial charge is 0.292 e. The van der Waals surface area contributed by atoms with Crippen molar-refractivity contribution in [1.29, 1.82) is 0 Å². The highest BCUT2D eigenvalue weighted by molar-refractivity contribution is 8.15. The molecule has 0 radical (unpaired) electrons. The van der Waals surface area contributed by atoms with Gasteiger partial charge in [-0.05, 0) is 31.9 Å². The van der Waals surface area contributed by atoms with Crippen LogP contribution in [0.4, 0.5) is 0 Å². The fraction of sp³-hybridized carbons (Fsp3) is 0.538. The SMILES string of the molecule is CCCCS(=O)(=O)C1Sc2nc(C)cc(C)c2C1=O. The number of Topliss-reactive ketones (excluding diaryl/α,β-unsaturated/α-hetero) is 1. The molecule has 104 valence electrons. The number of ketones is 1. The highest BCUT2D eigenvalue weighted by atomic mass is 32.3. The Morgan fingerprint density at radius 1 is 1.37 bits per heavy atom. The molecule has 0 saturated carbocycles. The molecule has 19 heavy (non-hydrogen) atoms. The Morgan fingerprint density at radius 2 is 2.05 bits per heavy atom. The van der Waals surface area contributed by atoms with Crippen molar-refractivity contribution < 1.29 is 13.2 Å². The quantitative estimate of drug-likeness (QED) is 0.855. The van der Waals surface area contributed by atoms with Gasteiger partial charge in [0.2, 0.25) is 0 Å². The van der Waals surface area contributed by atoms with Crippen LogP contribution in [0, 0.1) is 13.8 Å². The fourth-order valence-corrected chi connectivity index (χ4v) is 5.65. The Labute approximate surface area is 117 Å². The molecule has 1 aliphatic rings. The average molecular weight is 299 g/mol. The van der Waals surface area contributed by atoms with Crippen LogP contribution in [0.2, 0.25) is 0 Å². The summed E-state index contributed by atoms with van der Waals surface area (Å²) in [6, 6.07) is 1.82. The lowest BCUT2D eigenvalue weighted by molar-refractivity contribution is 0.101. The molecule has 6 heteroatoms. The van der Waals surface area contributed by atoms with E-state index < -0.39 is 14.4 Å². The number of rotatable bonds is 4. The van der Waals surface area contributed by atoms with Crippen molar-refractivity contribution in [2.24, 2.45) is 0 Å². The summed E-state index contributed by atoms with van der Waals surface area (Å²) < 4.78 is 23.4. The van der Waals surface area contributed by atoms with E-state index in [1.54, 1.807) is 0 Å². The van der Waals surface area contributed by atoms with E-state index >= 15 is 0 Å². The van der Waals surface area contributed by atoms with Gasteiger partial charge >= 0.3 is 0 Å². The van der Waals surface area contributed by atoms with Crippen molar-refractivity contribution >= 4 is 27.4 Å². The molecule has 0 aliphatic carbocycles. The number of carbonyl (C=O) groups is 1. The van der Waals surface area contributed by atoms with Crippen molar-refractivity contribution in [2.45, 2.75) is 43.2 Å². The van der Waals surface area contributed by atoms with E-state index in [-0.39, 0.29) is 11.5 Å². The van der Waals surface area contributed by atoms with Gasteiger partial charge in [0, 0.05) is 5.69 Å². The summed E-state index contributed by atoms with van der Waals surface area (Å²) in [6.07, 6.45) is 1.39. The van der Waals surface area contributed by atoms with E-state index in [4.69, 9.17) is 0 Å². The zero-order valence-corrected chi connectivity index (χ0v) is 12.9. The van der Waals surface area contributed by atoms with E-state index in [1.807, 2.05) is 26.8 Å². The first-order valence-corrected chi connectivity index (χ1v) is 8.87. The molecule has 0 spiro atoms. The molecule has 2 heterocycles. The third-order valence-electron chi connectivity index (χ3n) is 3.10. The maximum atomic E-state index is 12.3. The number of sulfone groups is 1. The number of nitrogens with zero attached hydrogens (tertiary/aromatic N) is 1. The van der Waals surface area contributed by atoms with Gasteiger partial charge in [0.05, 0.1) is 11.3 Å². The van der Waals surface area contributed by atoms with Crippen LogP contribution in [0.15, 0.2) is 11.1 Å². The number of aryl methyl sites for hydroxylation is 2. The van der Waals surface area contributed by atoms with Gasteiger partial charge < -0.3 is 0 Å². The van der Waals surface area contributed by atoms with Gasteiger partial charge in [0.1, 0.15) is 5.03 Å². The van der Waals surface area contributed by atoms with E-state index in [0.717, 1.165) is 29.4 Å². The number of hydrogen-bond donors (Lipinski definition) is 0. The second-order valence-electron chi connectivity index (χ2n) is 4.80. The lowest BCUT2D eigenvalue weighted by Crippen LogP contribution is -2.26. The topological polar surface area (TPSA) is 64.1 Å². The van der Waals surface area contributed by atoms with E-state index in [9.17, 15) is 13.2 Å². The first-order chi connectivity index (χ1) is 8.86. The minimum Gasteiger partial charge on any atom is -0.292 e. The summed E-state index contributed by atoms with van der Waals surface area (Å²) in [5, 5.41) is 0.563. The highest BCUT2D eigenvalue weighted by Gasteiger charge is 2.42. The number of carbonyl (C=O) groups excluding carboxylic acids is 1. The maximum absolute atomic E-state index is 12.3. The second kappa shape index (κ2) is 5.25. The van der Waals surface area contributed by atoms with E-state index in [1.165, 1.54) is 0 Å². The molecule has 1 aromatic rings. The summed E-state index contributed by atoms with van der Waals surface area (Å²) in [4.78, 5) is 16.6. The smallest absolute Gasteiger partial charge is 0.194 e. The van der Waals surface area contributed by atoms with Crippen LogP contribution in [0.1, 0.15) is 41.4 Å². The van der Waals surface area contributed by atoms with Gasteiger partial charge in [-0.2, -0.15) is 0 Å². The lowest BCUT2D eigenvalue weighted by Gasteiger charge is -2.08. The van der Waals surface area contributed by atoms with Gasteiger partial charge in [0.15, 0.2) is 20.2 Å². The molecule has 0 aromatic carbocycles. The van der Waals surface area contributed by atoms with Crippen molar-refractivity contribution in [1.82, 2.24) is 4.98 Å². The summed E-state index contributed by atoms with van der Waals surface area (Å²) in [5.74, 6) is -0.236. The second-order valence-corrected chi connectivity index (χ2v) is 8.39. The summed E-state index contributed by atoms with van der Waals surface area (Å²) in [6.45, 7) is 5.60. The molecule has 0 N–H and O–H groups in total. The molecule has 1 atom stereocenters. The minimum absolute atomic E-state index is 0.0684. The van der Waals surface area contributed by atoms with Crippen LogP contribution in [0.3, 0.4) is 0 Å². The highest BCUT2D eigenvalue weighted by Crippen LogP contribution is 2.40. The number of pyridine rings is 1. The number of fused-ring (bicyclic) bond motifs is 1. The molecule has 0 amide bonds. The maximum Gasteiger partial charge on any atom is 0.194 e. The third kappa shape index (κ3) is 2.69. The van der Waals surface area contributed by atoms with Crippen LogP contribution in [0.25, 0.3) is 0 Å². The standard InChI is InChI=1S/C13H17NO3S2/c1-4-5-6-19(16,17)13-11(15)10-8(2)7-9(3)14-12(10)18-13/h7,13H,4-6H2,1-3H3. The normalized spacial score (nSPS) is 18.7. The van der Waals surface area contributed by atoms with Crippen molar-refractivity contribution in [2.75, 3.05) is 5.75 Å². The van der Waals surface area contributed by atoms with E-state index in [2.05, 4.69) is 4.98 Å². The minimum atomic E-state index is -3.40. The Bertz CT molecular complexity index is 623. The molecular weight excluding hydrogens is 282 g/mol. The molecule has 2 rings (SSSR count). The van der Waals surface area contributed by atoms with Crippen LogP contribution in [0.5, 0.6) is 0 Å². The summed E-state index contributed by atoms with van der Waals surface area (Å²) in [5.41, 5.74) is 2.11. The first-order valence-electron chi connectivity index (χ1n) is 6.27. The van der Waals surface area contributed by atoms with Crippen molar-refractivity contribution in [3.63, 3.8) is 0 Å². The van der Waals surface area contributed by atoms with Crippen molar-refractivity contribution in [3.8, 4) is 0 Å². The molecular formula is C13H17NO3S2. The number of unbranched alkanes of at least 4 members (excludes halogenated alkanes) is 1. The molecule has 0 saturated heterocycles. The molecule has 1 aromatic heterocycles. The predicted molar refractivity (Wildman–Crippen MR) is 76.4 cm³/mol. The van der Waals surface area contributed by atoms with Gasteiger partial charge in [0.25, 0.3) is 0 Å². The van der Waals surface area contributed by atoms with Crippen LogP contribution >= 0.6 is 11.8 Å². The Hall–Kier alpha value is -0.880.